The number of epoxide rings is 1. The van der Waals surface area contributed by atoms with Gasteiger partial charge in [-0.05, 0) is 96.3 Å². The zero-order valence-electron chi connectivity index (χ0n) is 32.5. The summed E-state index contributed by atoms with van der Waals surface area (Å²) < 4.78 is 60.5. The third kappa shape index (κ3) is 9.93. The summed E-state index contributed by atoms with van der Waals surface area (Å²) in [6.45, 7) is 9.79. The lowest BCUT2D eigenvalue weighted by molar-refractivity contribution is -0.158. The molecule has 5 aliphatic heterocycles. The highest BCUT2D eigenvalue weighted by Gasteiger charge is 2.65. The second kappa shape index (κ2) is 19.0. The van der Waals surface area contributed by atoms with Crippen LogP contribution in [-0.4, -0.2) is 142 Å². The first-order chi connectivity index (χ1) is 23.5. The molecule has 0 aliphatic carbocycles. The Morgan fingerprint density at radius 1 is 0.740 bits per heavy atom. The molecular formula is C36H76O9Si5. The largest absolute Gasteiger partial charge is 0.503 e. The highest BCUT2D eigenvalue weighted by Crippen LogP contribution is 2.56. The van der Waals surface area contributed by atoms with Crippen LogP contribution in [0.3, 0.4) is 0 Å². The summed E-state index contributed by atoms with van der Waals surface area (Å²) in [5.41, 5.74) is -0.0170. The van der Waals surface area contributed by atoms with E-state index in [9.17, 15) is 0 Å². The Hall–Kier alpha value is 0.724. The maximum absolute atomic E-state index is 7.23. The van der Waals surface area contributed by atoms with Crippen LogP contribution in [0.15, 0.2) is 0 Å². The van der Waals surface area contributed by atoms with E-state index in [-0.39, 0.29) is 57.9 Å². The lowest BCUT2D eigenvalue weighted by Gasteiger charge is -2.59. The molecule has 0 bridgehead atoms. The molecule has 0 aromatic carbocycles. The average Bonchev–Trinajstić information content (AvgIpc) is 3.94. The van der Waals surface area contributed by atoms with Crippen LogP contribution in [0.1, 0.15) is 104 Å². The quantitative estimate of drug-likeness (QED) is 0.154. The Balaban J connectivity index is 0.00000562. The van der Waals surface area contributed by atoms with E-state index >= 15 is 0 Å². The van der Waals surface area contributed by atoms with Gasteiger partial charge in [0.1, 0.15) is 6.10 Å². The van der Waals surface area contributed by atoms with Crippen molar-refractivity contribution in [3.05, 3.63) is 0 Å². The average molecular weight is 793 g/mol. The first-order valence-electron chi connectivity index (χ1n) is 19.9. The molecule has 5 rings (SSSR count). The molecule has 5 heterocycles. The van der Waals surface area contributed by atoms with Crippen LogP contribution in [0, 0.1) is 11.8 Å². The third-order valence-corrected chi connectivity index (χ3v) is 23.5. The summed E-state index contributed by atoms with van der Waals surface area (Å²) >= 11 is 0. The highest BCUT2D eigenvalue weighted by atomic mass is 28.4. The number of hydrogen-bond donors (Lipinski definition) is 0. The van der Waals surface area contributed by atoms with Crippen molar-refractivity contribution in [2.24, 2.45) is 11.8 Å². The van der Waals surface area contributed by atoms with Crippen molar-refractivity contribution in [2.45, 2.75) is 155 Å². The van der Waals surface area contributed by atoms with Crippen molar-refractivity contribution >= 4 is 48.3 Å². The van der Waals surface area contributed by atoms with Gasteiger partial charge < -0.3 is 41.7 Å². The van der Waals surface area contributed by atoms with E-state index in [4.69, 9.17) is 41.7 Å². The van der Waals surface area contributed by atoms with Crippen LogP contribution in [-0.2, 0) is 41.7 Å². The fourth-order valence-electron chi connectivity index (χ4n) is 10.3. The molecule has 14 heteroatoms. The number of rotatable bonds is 18. The van der Waals surface area contributed by atoms with Gasteiger partial charge >= 0.3 is 8.80 Å². The number of hydrogen-bond acceptors (Lipinski definition) is 9. The summed E-state index contributed by atoms with van der Waals surface area (Å²) in [7, 11) is 3.64. The molecule has 0 spiro atoms. The van der Waals surface area contributed by atoms with Gasteiger partial charge in [0.2, 0.25) is 0 Å². The normalized spacial score (nSPS) is 36.5. The molecule has 9 nitrogen and oxygen atoms in total. The van der Waals surface area contributed by atoms with Gasteiger partial charge in [0.25, 0.3) is 0 Å². The van der Waals surface area contributed by atoms with Crippen molar-refractivity contribution in [1.82, 2.24) is 0 Å². The molecule has 5 fully saturated rings. The van der Waals surface area contributed by atoms with Gasteiger partial charge in [-0.15, -0.1) is 0 Å². The van der Waals surface area contributed by atoms with Crippen molar-refractivity contribution in [2.75, 3.05) is 61.0 Å². The maximum atomic E-state index is 7.23. The first-order valence-corrected chi connectivity index (χ1v) is 27.6. The smallest absolute Gasteiger partial charge is 0.380 e. The molecule has 5 aliphatic rings. The van der Waals surface area contributed by atoms with Gasteiger partial charge in [0.05, 0.1) is 43.8 Å². The van der Waals surface area contributed by atoms with Crippen LogP contribution >= 0.6 is 0 Å². The van der Waals surface area contributed by atoms with E-state index in [1.165, 1.54) is 38.5 Å². The summed E-state index contributed by atoms with van der Waals surface area (Å²) in [4.78, 5) is 0. The highest BCUT2D eigenvalue weighted by molar-refractivity contribution is 6.63. The van der Waals surface area contributed by atoms with Gasteiger partial charge in [-0.3, -0.25) is 0 Å². The van der Waals surface area contributed by atoms with Crippen LogP contribution in [0.2, 0.25) is 18.6 Å². The van der Waals surface area contributed by atoms with Crippen molar-refractivity contribution < 1.29 is 41.7 Å². The van der Waals surface area contributed by atoms with Gasteiger partial charge in [0.15, 0.2) is 0 Å². The number of ether oxygens (including phenoxy) is 6. The minimum atomic E-state index is -3.28. The molecule has 0 N–H and O–H groups in total. The van der Waals surface area contributed by atoms with Gasteiger partial charge in [0, 0.05) is 101 Å². The van der Waals surface area contributed by atoms with Gasteiger partial charge in [-0.1, -0.05) is 20.5 Å². The van der Waals surface area contributed by atoms with Crippen LogP contribution in [0.5, 0.6) is 0 Å². The van der Waals surface area contributed by atoms with Crippen molar-refractivity contribution in [3.63, 3.8) is 0 Å². The molecule has 0 aromatic rings. The molecule has 0 amide bonds. The Morgan fingerprint density at radius 3 is 1.74 bits per heavy atom. The van der Waals surface area contributed by atoms with Gasteiger partial charge in [-0.25, -0.2) is 0 Å². The fraction of sp³-hybridized carbons (Fsp3) is 1.00. The summed E-state index contributed by atoms with van der Waals surface area (Å²) in [5, 5.41) is -0.649. The van der Waals surface area contributed by atoms with Crippen LogP contribution in [0.4, 0.5) is 0 Å². The standard InChI is InChI=1S/C35H72O9Si5.CH4/c1-36-49(37-2,38-3)30(31(34(47)17-8-12-22-43-34)35(48(4)5)18-9-13-23-44-35)24-28(33(46)16-7-11-21-42-33)29(40-26-27-25-39-27)14-19-32(45)15-6-10-20-41-32;/h27-31,48H,6-26H2,1-5,45-47H3;1H4. The molecule has 9 atom stereocenters. The summed E-state index contributed by atoms with van der Waals surface area (Å²) in [6, 6.07) is 0. The minimum Gasteiger partial charge on any atom is -0.380 e. The SMILES string of the molecule is C.CO[Si](OC)(OC)C(CC(C(CCC1([SiH3])CCCCO1)OCC1CO1)C1([SiH3])CCCCO1)C(C1([SiH3])CCCCO1)C1([SiH](C)C)CCCCO1. The molecule has 9 unspecified atom stereocenters. The van der Waals surface area contributed by atoms with E-state index in [0.29, 0.717) is 6.61 Å². The molecule has 50 heavy (non-hydrogen) atoms. The predicted molar refractivity (Wildman–Crippen MR) is 216 cm³/mol. The maximum Gasteiger partial charge on any atom is 0.503 e. The molecular weight excluding hydrogens is 717 g/mol. The third-order valence-electron chi connectivity index (χ3n) is 13.4. The van der Waals surface area contributed by atoms with Crippen LogP contribution in [0.25, 0.3) is 0 Å². The first kappa shape index (κ1) is 43.5. The van der Waals surface area contributed by atoms with E-state index in [2.05, 4.69) is 13.1 Å². The monoisotopic (exact) mass is 792 g/mol. The molecule has 5 saturated heterocycles. The topological polar surface area (TPSA) is 86.4 Å². The summed E-state index contributed by atoms with van der Waals surface area (Å²) in [6.07, 6.45) is 16.9. The Kier molecular flexibility index (Phi) is 16.6. The zero-order chi connectivity index (χ0) is 35.2. The molecule has 0 saturated carbocycles. The molecule has 0 aromatic heterocycles. The van der Waals surface area contributed by atoms with E-state index < -0.39 is 17.6 Å². The lowest BCUT2D eigenvalue weighted by Crippen LogP contribution is -2.68. The van der Waals surface area contributed by atoms with E-state index in [1.54, 1.807) is 0 Å². The Bertz CT molecular complexity index is 984. The molecule has 294 valence electrons. The second-order valence-corrected chi connectivity index (χ2v) is 28.6. The molecule has 0 radical (unpaired) electrons. The zero-order valence-corrected chi connectivity index (χ0v) is 40.6. The minimum absolute atomic E-state index is 0. The van der Waals surface area contributed by atoms with Crippen molar-refractivity contribution in [1.29, 1.82) is 0 Å². The van der Waals surface area contributed by atoms with Gasteiger partial charge in [-0.2, -0.15) is 0 Å². The predicted octanol–water partition coefficient (Wildman–Crippen LogP) is 2.81. The Labute approximate surface area is 317 Å². The van der Waals surface area contributed by atoms with E-state index in [0.717, 1.165) is 122 Å². The Morgan fingerprint density at radius 2 is 1.28 bits per heavy atom. The van der Waals surface area contributed by atoms with Crippen LogP contribution < -0.4 is 0 Å². The lowest BCUT2D eigenvalue weighted by atomic mass is 9.76. The summed E-state index contributed by atoms with van der Waals surface area (Å²) in [5.74, 6) is 0.288. The fourth-order valence-corrected chi connectivity index (χ4v) is 20.2. The van der Waals surface area contributed by atoms with E-state index in [1.807, 2.05) is 21.3 Å². The van der Waals surface area contributed by atoms with Crippen molar-refractivity contribution in [3.8, 4) is 0 Å². The second-order valence-electron chi connectivity index (χ2n) is 16.9.